The van der Waals surface area contributed by atoms with Crippen molar-refractivity contribution in [3.05, 3.63) is 92.9 Å². The van der Waals surface area contributed by atoms with Gasteiger partial charge in [0.15, 0.2) is 5.69 Å². The number of hydrogen-bond acceptors (Lipinski definition) is 5. The van der Waals surface area contributed by atoms with Crippen LogP contribution in [-0.4, -0.2) is 27.3 Å². The highest BCUT2D eigenvalue weighted by atomic mass is 16.6. The molecule has 0 aliphatic heterocycles. The van der Waals surface area contributed by atoms with Crippen molar-refractivity contribution in [3.63, 3.8) is 0 Å². The number of rotatable bonds is 5. The summed E-state index contributed by atoms with van der Waals surface area (Å²) in [6.07, 6.45) is 0. The molecule has 0 aliphatic carbocycles. The van der Waals surface area contributed by atoms with E-state index in [4.69, 9.17) is 4.74 Å². The fraction of sp³-hybridized carbons (Fsp3) is 0.0909. The maximum atomic E-state index is 13.4. The van der Waals surface area contributed by atoms with Crippen LogP contribution in [-0.2, 0) is 4.74 Å². The number of para-hydroxylation sites is 1. The van der Waals surface area contributed by atoms with Gasteiger partial charge in [0.05, 0.1) is 28.3 Å². The zero-order chi connectivity index (χ0) is 21.3. The van der Waals surface area contributed by atoms with Crippen LogP contribution in [0.1, 0.15) is 17.4 Å². The van der Waals surface area contributed by atoms with Gasteiger partial charge in [0.1, 0.15) is 0 Å². The van der Waals surface area contributed by atoms with Gasteiger partial charge in [-0.25, -0.2) is 9.48 Å². The SMILES string of the molecule is CCOC(=O)c1[nH]n(-c2ccccc2)c(=O)c1-c1c([N+](=O)[O-])ccc2ccccc12. The van der Waals surface area contributed by atoms with Gasteiger partial charge < -0.3 is 4.74 Å². The number of H-pyrrole nitrogens is 1. The summed E-state index contributed by atoms with van der Waals surface area (Å²) in [5.74, 6) is -0.762. The van der Waals surface area contributed by atoms with Crippen molar-refractivity contribution in [3.8, 4) is 16.8 Å². The van der Waals surface area contributed by atoms with Gasteiger partial charge >= 0.3 is 5.97 Å². The highest BCUT2D eigenvalue weighted by molar-refractivity contribution is 6.06. The van der Waals surface area contributed by atoms with Crippen LogP contribution in [0, 0.1) is 10.1 Å². The number of nitrogens with zero attached hydrogens (tertiary/aromatic N) is 2. The van der Waals surface area contributed by atoms with E-state index in [1.165, 1.54) is 10.7 Å². The first-order valence-corrected chi connectivity index (χ1v) is 9.27. The fourth-order valence-corrected chi connectivity index (χ4v) is 3.45. The summed E-state index contributed by atoms with van der Waals surface area (Å²) in [6, 6.07) is 18.6. The number of carbonyl (C=O) groups is 1. The van der Waals surface area contributed by atoms with E-state index in [1.54, 1.807) is 67.6 Å². The van der Waals surface area contributed by atoms with Crippen molar-refractivity contribution >= 4 is 22.4 Å². The number of fused-ring (bicyclic) bond motifs is 1. The number of benzene rings is 3. The van der Waals surface area contributed by atoms with Gasteiger partial charge in [-0.15, -0.1) is 0 Å². The Labute approximate surface area is 170 Å². The lowest BCUT2D eigenvalue weighted by Crippen LogP contribution is -2.16. The number of hydrogen-bond donors (Lipinski definition) is 1. The number of nitrogens with one attached hydrogen (secondary N) is 1. The van der Waals surface area contributed by atoms with E-state index in [2.05, 4.69) is 5.10 Å². The van der Waals surface area contributed by atoms with E-state index >= 15 is 0 Å². The first kappa shape index (κ1) is 19.1. The van der Waals surface area contributed by atoms with Gasteiger partial charge in [-0.1, -0.05) is 42.5 Å². The Morgan fingerprint density at radius 1 is 1.03 bits per heavy atom. The smallest absolute Gasteiger partial charge is 0.357 e. The first-order chi connectivity index (χ1) is 14.5. The molecule has 0 aliphatic rings. The van der Waals surface area contributed by atoms with Gasteiger partial charge in [-0.05, 0) is 35.9 Å². The normalized spacial score (nSPS) is 10.8. The van der Waals surface area contributed by atoms with Gasteiger partial charge in [0, 0.05) is 6.07 Å². The average Bonchev–Trinajstić information content (AvgIpc) is 3.10. The number of aromatic amines is 1. The lowest BCUT2D eigenvalue weighted by Gasteiger charge is -2.07. The fourth-order valence-electron chi connectivity index (χ4n) is 3.45. The van der Waals surface area contributed by atoms with Gasteiger partial charge in [-0.2, -0.15) is 0 Å². The second-order valence-electron chi connectivity index (χ2n) is 6.50. The highest BCUT2D eigenvalue weighted by Gasteiger charge is 2.30. The topological polar surface area (TPSA) is 107 Å². The molecular weight excluding hydrogens is 386 g/mol. The predicted molar refractivity (Wildman–Crippen MR) is 112 cm³/mol. The van der Waals surface area contributed by atoms with Gasteiger partial charge in [0.25, 0.3) is 11.2 Å². The molecule has 8 heteroatoms. The molecule has 1 N–H and O–H groups in total. The lowest BCUT2D eigenvalue weighted by molar-refractivity contribution is -0.384. The summed E-state index contributed by atoms with van der Waals surface area (Å²) in [7, 11) is 0. The molecule has 4 rings (SSSR count). The molecule has 0 unspecified atom stereocenters. The zero-order valence-electron chi connectivity index (χ0n) is 16.0. The van der Waals surface area contributed by atoms with Crippen LogP contribution in [0.2, 0.25) is 0 Å². The standard InChI is InChI=1S/C22H17N3O5/c1-2-30-22(27)20-19(21(26)24(23-20)15-9-4-3-5-10-15)18-16-11-7-6-8-14(16)12-13-17(18)25(28)29/h3-13,23H,2H2,1H3. The van der Waals surface area contributed by atoms with Crippen molar-refractivity contribution in [2.75, 3.05) is 6.61 Å². The summed E-state index contributed by atoms with van der Waals surface area (Å²) in [6.45, 7) is 1.73. The summed E-state index contributed by atoms with van der Waals surface area (Å²) in [5, 5.41) is 15.8. The van der Waals surface area contributed by atoms with Crippen LogP contribution in [0.25, 0.3) is 27.6 Å². The molecule has 1 heterocycles. The number of aromatic nitrogens is 2. The van der Waals surface area contributed by atoms with E-state index in [0.717, 1.165) is 0 Å². The van der Waals surface area contributed by atoms with Gasteiger partial charge in [-0.3, -0.25) is 20.0 Å². The number of carbonyl (C=O) groups excluding carboxylic acids is 1. The molecule has 0 saturated heterocycles. The average molecular weight is 403 g/mol. The second kappa shape index (κ2) is 7.67. The monoisotopic (exact) mass is 403 g/mol. The third-order valence-corrected chi connectivity index (χ3v) is 4.74. The van der Waals surface area contributed by atoms with Crippen molar-refractivity contribution < 1.29 is 14.5 Å². The van der Waals surface area contributed by atoms with Crippen molar-refractivity contribution in [2.45, 2.75) is 6.92 Å². The Morgan fingerprint density at radius 2 is 1.73 bits per heavy atom. The molecule has 8 nitrogen and oxygen atoms in total. The highest BCUT2D eigenvalue weighted by Crippen LogP contribution is 2.37. The van der Waals surface area contributed by atoms with Crippen LogP contribution < -0.4 is 5.56 Å². The Balaban J connectivity index is 2.12. The Kier molecular flexibility index (Phi) is 4.89. The number of nitro groups is 1. The number of nitro benzene ring substituents is 1. The van der Waals surface area contributed by atoms with Crippen LogP contribution in [0.4, 0.5) is 5.69 Å². The minimum Gasteiger partial charge on any atom is -0.461 e. The maximum Gasteiger partial charge on any atom is 0.357 e. The van der Waals surface area contributed by atoms with E-state index in [0.29, 0.717) is 16.5 Å². The molecular formula is C22H17N3O5. The largest absolute Gasteiger partial charge is 0.461 e. The van der Waals surface area contributed by atoms with E-state index in [1.807, 2.05) is 0 Å². The molecule has 0 amide bonds. The van der Waals surface area contributed by atoms with Crippen LogP contribution >= 0.6 is 0 Å². The van der Waals surface area contributed by atoms with Crippen molar-refractivity contribution in [1.29, 1.82) is 0 Å². The molecule has 4 aromatic rings. The molecule has 0 spiro atoms. The Morgan fingerprint density at radius 3 is 2.43 bits per heavy atom. The Bertz CT molecular complexity index is 1320. The van der Waals surface area contributed by atoms with Crippen molar-refractivity contribution in [2.24, 2.45) is 0 Å². The molecule has 1 aromatic heterocycles. The summed E-state index contributed by atoms with van der Waals surface area (Å²) in [4.78, 5) is 37.3. The second-order valence-corrected chi connectivity index (χ2v) is 6.50. The lowest BCUT2D eigenvalue weighted by atomic mass is 9.96. The quantitative estimate of drug-likeness (QED) is 0.307. The van der Waals surface area contributed by atoms with Crippen LogP contribution in [0.15, 0.2) is 71.5 Å². The van der Waals surface area contributed by atoms with Crippen molar-refractivity contribution in [1.82, 2.24) is 9.78 Å². The number of ether oxygens (including phenoxy) is 1. The van der Waals surface area contributed by atoms with Gasteiger partial charge in [0.2, 0.25) is 0 Å². The molecule has 0 saturated carbocycles. The molecule has 30 heavy (non-hydrogen) atoms. The molecule has 0 atom stereocenters. The third kappa shape index (κ3) is 3.14. The number of esters is 1. The van der Waals surface area contributed by atoms with Crippen LogP contribution in [0.5, 0.6) is 0 Å². The molecule has 0 bridgehead atoms. The molecule has 150 valence electrons. The maximum absolute atomic E-state index is 13.4. The van der Waals surface area contributed by atoms with E-state index in [9.17, 15) is 19.7 Å². The zero-order valence-corrected chi connectivity index (χ0v) is 16.0. The van der Waals surface area contributed by atoms with E-state index < -0.39 is 16.5 Å². The first-order valence-electron chi connectivity index (χ1n) is 9.27. The molecule has 0 fully saturated rings. The van der Waals surface area contributed by atoms with E-state index in [-0.39, 0.29) is 29.1 Å². The molecule has 0 radical (unpaired) electrons. The third-order valence-electron chi connectivity index (χ3n) is 4.74. The predicted octanol–water partition coefficient (Wildman–Crippen LogP) is 4.07. The summed E-state index contributed by atoms with van der Waals surface area (Å²) >= 11 is 0. The minimum absolute atomic E-state index is 0.0806. The summed E-state index contributed by atoms with van der Waals surface area (Å²) in [5.41, 5.74) is -0.510. The van der Waals surface area contributed by atoms with Crippen LogP contribution in [0.3, 0.4) is 0 Å². The Hall–Kier alpha value is -4.20. The summed E-state index contributed by atoms with van der Waals surface area (Å²) < 4.78 is 6.30. The molecule has 3 aromatic carbocycles. The minimum atomic E-state index is -0.762.